The fourth-order valence-corrected chi connectivity index (χ4v) is 2.76. The van der Waals surface area contributed by atoms with Crippen LogP contribution in [0.15, 0.2) is 30.6 Å². The smallest absolute Gasteiger partial charge is 0.159 e. The molecule has 18 heavy (non-hydrogen) atoms. The Bertz CT molecular complexity index is 622. The predicted molar refractivity (Wildman–Crippen MR) is 70.9 cm³/mol. The molecule has 6 heteroatoms. The summed E-state index contributed by atoms with van der Waals surface area (Å²) < 4.78 is 24.8. The molecule has 0 spiro atoms. The minimum absolute atomic E-state index is 0.381. The van der Waals surface area contributed by atoms with Gasteiger partial charge in [0.1, 0.15) is 7.14 Å². The number of aromatic nitrogens is 2. The molecule has 0 bridgehead atoms. The lowest BCUT2D eigenvalue weighted by Gasteiger charge is -2.11. The van der Waals surface area contributed by atoms with Crippen molar-refractivity contribution in [3.05, 3.63) is 36.4 Å². The summed E-state index contributed by atoms with van der Waals surface area (Å²) >= 11 is 0. The molecule has 0 unspecified atom stereocenters. The molecular weight excluding hydrogens is 252 g/mol. The zero-order valence-corrected chi connectivity index (χ0v) is 11.0. The number of hydrogen-bond acceptors (Lipinski definition) is 4. The summed E-state index contributed by atoms with van der Waals surface area (Å²) in [5.74, 6) is -0.114. The summed E-state index contributed by atoms with van der Waals surface area (Å²) in [6.45, 7) is 3.29. The highest BCUT2D eigenvalue weighted by Crippen LogP contribution is 2.38. The molecular formula is C12H13FN3OP. The van der Waals surface area contributed by atoms with E-state index in [0.717, 1.165) is 12.4 Å². The molecule has 0 atom stereocenters. The van der Waals surface area contributed by atoms with Gasteiger partial charge in [0, 0.05) is 16.6 Å². The molecule has 0 saturated carbocycles. The lowest BCUT2D eigenvalue weighted by molar-refractivity contribution is 0.588. The van der Waals surface area contributed by atoms with Crippen LogP contribution in [0.2, 0.25) is 0 Å². The van der Waals surface area contributed by atoms with Gasteiger partial charge in [-0.25, -0.2) is 14.4 Å². The van der Waals surface area contributed by atoms with Crippen LogP contribution < -0.4 is 11.0 Å². The predicted octanol–water partition coefficient (Wildman–Crippen LogP) is 2.11. The molecule has 4 nitrogen and oxygen atoms in total. The van der Waals surface area contributed by atoms with E-state index in [1.807, 2.05) is 0 Å². The van der Waals surface area contributed by atoms with E-state index >= 15 is 0 Å². The zero-order valence-electron chi connectivity index (χ0n) is 10.1. The third-order valence-electron chi connectivity index (χ3n) is 2.49. The number of hydrogen-bond donors (Lipinski definition) is 1. The third kappa shape index (κ3) is 2.57. The largest absolute Gasteiger partial charge is 0.398 e. The van der Waals surface area contributed by atoms with Gasteiger partial charge in [-0.1, -0.05) is 0 Å². The van der Waals surface area contributed by atoms with E-state index in [1.165, 1.54) is 0 Å². The van der Waals surface area contributed by atoms with Crippen LogP contribution in [0.4, 0.5) is 10.1 Å². The Balaban J connectivity index is 2.54. The van der Waals surface area contributed by atoms with E-state index in [1.54, 1.807) is 31.5 Å². The summed E-state index contributed by atoms with van der Waals surface area (Å²) in [5.41, 5.74) is 6.96. The van der Waals surface area contributed by atoms with Crippen molar-refractivity contribution in [1.29, 1.82) is 0 Å². The van der Waals surface area contributed by atoms with Crippen LogP contribution in [0.25, 0.3) is 11.4 Å². The molecule has 2 rings (SSSR count). The van der Waals surface area contributed by atoms with E-state index in [2.05, 4.69) is 9.97 Å². The Hall–Kier alpha value is -1.74. The number of nitrogen functional groups attached to an aromatic ring is 1. The van der Waals surface area contributed by atoms with E-state index in [9.17, 15) is 8.96 Å². The van der Waals surface area contributed by atoms with Crippen molar-refractivity contribution >= 4 is 18.1 Å². The van der Waals surface area contributed by atoms with Gasteiger partial charge in [-0.2, -0.15) is 0 Å². The lowest BCUT2D eigenvalue weighted by Crippen LogP contribution is -2.10. The van der Waals surface area contributed by atoms with Crippen LogP contribution in [0.5, 0.6) is 0 Å². The number of nitrogens with zero attached hydrogens (tertiary/aromatic N) is 2. The van der Waals surface area contributed by atoms with Gasteiger partial charge in [-0.05, 0) is 31.5 Å². The molecule has 1 heterocycles. The summed E-state index contributed by atoms with van der Waals surface area (Å²) in [5, 5.41) is 0.591. The van der Waals surface area contributed by atoms with Crippen LogP contribution in [0.3, 0.4) is 0 Å². The van der Waals surface area contributed by atoms with Crippen LogP contribution in [0.1, 0.15) is 0 Å². The third-order valence-corrected chi connectivity index (χ3v) is 4.04. The summed E-state index contributed by atoms with van der Waals surface area (Å²) in [7, 11) is -2.47. The molecule has 0 radical (unpaired) electrons. The highest BCUT2D eigenvalue weighted by atomic mass is 31.2. The quantitative estimate of drug-likeness (QED) is 0.667. The Kier molecular flexibility index (Phi) is 3.18. The minimum Gasteiger partial charge on any atom is -0.398 e. The number of nitrogens with two attached hydrogens (primary N) is 1. The maximum absolute atomic E-state index is 12.7. The monoisotopic (exact) mass is 265 g/mol. The molecule has 2 N–H and O–H groups in total. The average Bonchev–Trinajstić information content (AvgIpc) is 2.29. The molecule has 0 amide bonds. The van der Waals surface area contributed by atoms with Gasteiger partial charge in [0.25, 0.3) is 0 Å². The molecule has 0 aliphatic heterocycles. The second-order valence-electron chi connectivity index (χ2n) is 4.35. The molecule has 0 saturated heterocycles. The number of anilines is 1. The summed E-state index contributed by atoms with van der Waals surface area (Å²) in [6.07, 6.45) is 2.19. The van der Waals surface area contributed by atoms with Crippen molar-refractivity contribution in [2.75, 3.05) is 19.1 Å². The zero-order chi connectivity index (χ0) is 13.3. The van der Waals surface area contributed by atoms with Gasteiger partial charge < -0.3 is 10.3 Å². The number of benzene rings is 1. The highest BCUT2D eigenvalue weighted by Gasteiger charge is 2.16. The minimum atomic E-state index is -2.47. The Labute approximate surface area is 104 Å². The standard InChI is InChI=1S/C12H13FN3OP/c1-18(2,17)11-5-8(3-4-10(11)14)12-15-6-9(13)7-16-12/h3-7H,14H2,1-2H3. The maximum atomic E-state index is 12.7. The van der Waals surface area contributed by atoms with Crippen molar-refractivity contribution in [3.63, 3.8) is 0 Å². The molecule has 0 aliphatic carbocycles. The lowest BCUT2D eigenvalue weighted by atomic mass is 10.2. The van der Waals surface area contributed by atoms with Crippen LogP contribution in [-0.2, 0) is 4.57 Å². The SMILES string of the molecule is CP(C)(=O)c1cc(-c2ncc(F)cn2)ccc1N. The van der Waals surface area contributed by atoms with Gasteiger partial charge >= 0.3 is 0 Å². The van der Waals surface area contributed by atoms with Crippen molar-refractivity contribution in [2.24, 2.45) is 0 Å². The van der Waals surface area contributed by atoms with Gasteiger partial charge in [0.2, 0.25) is 0 Å². The van der Waals surface area contributed by atoms with Crippen LogP contribution in [-0.4, -0.2) is 23.3 Å². The van der Waals surface area contributed by atoms with Crippen molar-refractivity contribution in [2.45, 2.75) is 0 Å². The number of rotatable bonds is 2. The first-order valence-electron chi connectivity index (χ1n) is 5.31. The van der Waals surface area contributed by atoms with Crippen LogP contribution >= 0.6 is 7.14 Å². The molecule has 1 aromatic heterocycles. The second kappa shape index (κ2) is 4.50. The van der Waals surface area contributed by atoms with Gasteiger partial charge in [0.05, 0.1) is 12.4 Å². The number of halogens is 1. The Morgan fingerprint density at radius 1 is 1.22 bits per heavy atom. The van der Waals surface area contributed by atoms with Crippen molar-refractivity contribution in [3.8, 4) is 11.4 Å². The van der Waals surface area contributed by atoms with E-state index in [0.29, 0.717) is 22.4 Å². The fraction of sp³-hybridized carbons (Fsp3) is 0.167. The molecule has 0 fully saturated rings. The summed E-state index contributed by atoms with van der Waals surface area (Å²) in [4.78, 5) is 7.77. The highest BCUT2D eigenvalue weighted by molar-refractivity contribution is 7.70. The molecule has 1 aromatic carbocycles. The van der Waals surface area contributed by atoms with E-state index < -0.39 is 13.0 Å². The van der Waals surface area contributed by atoms with Crippen molar-refractivity contribution in [1.82, 2.24) is 9.97 Å². The molecule has 2 aromatic rings. The fourth-order valence-electron chi connectivity index (χ4n) is 1.61. The van der Waals surface area contributed by atoms with Crippen molar-refractivity contribution < 1.29 is 8.96 Å². The van der Waals surface area contributed by atoms with Gasteiger partial charge in [-0.15, -0.1) is 0 Å². The first-order valence-corrected chi connectivity index (χ1v) is 7.91. The second-order valence-corrected chi connectivity index (χ2v) is 7.53. The summed E-state index contributed by atoms with van der Waals surface area (Å²) in [6, 6.07) is 5.09. The maximum Gasteiger partial charge on any atom is 0.159 e. The normalized spacial score (nSPS) is 11.5. The Morgan fingerprint density at radius 3 is 2.39 bits per heavy atom. The molecule has 0 aliphatic rings. The van der Waals surface area contributed by atoms with Crippen LogP contribution in [0, 0.1) is 5.82 Å². The average molecular weight is 265 g/mol. The van der Waals surface area contributed by atoms with E-state index in [4.69, 9.17) is 5.73 Å². The van der Waals surface area contributed by atoms with E-state index in [-0.39, 0.29) is 0 Å². The Morgan fingerprint density at radius 2 is 1.83 bits per heavy atom. The van der Waals surface area contributed by atoms with Gasteiger partial charge in [-0.3, -0.25) is 0 Å². The first-order chi connectivity index (χ1) is 8.38. The molecule has 94 valence electrons. The first kappa shape index (κ1) is 12.7. The van der Waals surface area contributed by atoms with Gasteiger partial charge in [0.15, 0.2) is 11.6 Å². The topological polar surface area (TPSA) is 68.9 Å².